The number of nitrogens with two attached hydrogens (primary N) is 2. The van der Waals surface area contributed by atoms with Crippen LogP contribution < -0.4 is 37.7 Å². The maximum atomic E-state index is 15.3. The zero-order valence-electron chi connectivity index (χ0n) is 34.7. The number of aryl methyl sites for hydroxylation is 1. The number of aromatic carboxylic acids is 1. The maximum Gasteiger partial charge on any atom is 0.410 e. The molecule has 61 heavy (non-hydrogen) atoms. The highest BCUT2D eigenvalue weighted by atomic mass is 19.1. The Morgan fingerprint density at radius 3 is 2.25 bits per heavy atom. The molecule has 0 radical (unpaired) electrons. The first-order valence-corrected chi connectivity index (χ1v) is 20.3. The summed E-state index contributed by atoms with van der Waals surface area (Å²) in [5, 5.41) is 18.3. The van der Waals surface area contributed by atoms with Crippen molar-refractivity contribution in [1.82, 2.24) is 20.1 Å². The van der Waals surface area contributed by atoms with E-state index >= 15 is 4.39 Å². The van der Waals surface area contributed by atoms with Crippen LogP contribution in [0, 0.1) is 11.7 Å². The van der Waals surface area contributed by atoms with Gasteiger partial charge in [-0.05, 0) is 74.0 Å². The molecule has 326 valence electrons. The van der Waals surface area contributed by atoms with Gasteiger partial charge in [0.25, 0.3) is 0 Å². The van der Waals surface area contributed by atoms with Crippen LogP contribution in [-0.4, -0.2) is 83.4 Å². The lowest BCUT2D eigenvalue weighted by molar-refractivity contribution is -0.118. The summed E-state index contributed by atoms with van der Waals surface area (Å²) in [7, 11) is 0. The first-order valence-electron chi connectivity index (χ1n) is 20.3. The molecule has 0 saturated carbocycles. The van der Waals surface area contributed by atoms with Crippen LogP contribution in [0.5, 0.6) is 0 Å². The number of nitrogens with one attached hydrogen (secondary N) is 3. The van der Waals surface area contributed by atoms with Gasteiger partial charge in [-0.25, -0.2) is 18.8 Å². The zero-order chi connectivity index (χ0) is 44.1. The highest BCUT2D eigenvalue weighted by Crippen LogP contribution is 2.27. The molecule has 0 bridgehead atoms. The Morgan fingerprint density at radius 2 is 1.61 bits per heavy atom. The third kappa shape index (κ3) is 12.2. The SMILES string of the molecule is CCn1cc(C(=O)O)c(=O)c2cc(F)c(N3CCN(C(=O)OCc4ccc(NC(=O)[C@H](CCCCN)N/C=C(\N)[C@@H](NC(=O)OCc5ccccc5)C(C)C)cc4)CC3)cc21. The van der Waals surface area contributed by atoms with Crippen molar-refractivity contribution in [1.29, 1.82) is 0 Å². The molecular formula is C44H55FN8O8. The molecule has 0 spiro atoms. The van der Waals surface area contributed by atoms with Crippen molar-refractivity contribution in [3.63, 3.8) is 0 Å². The number of piperazine rings is 1. The molecule has 1 aromatic heterocycles. The third-order valence-electron chi connectivity index (χ3n) is 10.4. The van der Waals surface area contributed by atoms with Gasteiger partial charge in [-0.3, -0.25) is 9.59 Å². The van der Waals surface area contributed by atoms with Gasteiger partial charge < -0.3 is 56.4 Å². The number of alkyl carbamates (subject to hydrolysis) is 1. The number of aromatic nitrogens is 1. The predicted molar refractivity (Wildman–Crippen MR) is 230 cm³/mol. The lowest BCUT2D eigenvalue weighted by atomic mass is 10.0. The lowest BCUT2D eigenvalue weighted by Gasteiger charge is -2.35. The number of rotatable bonds is 18. The highest BCUT2D eigenvalue weighted by molar-refractivity contribution is 5.95. The quantitative estimate of drug-likeness (QED) is 0.0721. The number of ether oxygens (including phenoxy) is 2. The van der Waals surface area contributed by atoms with Gasteiger partial charge >= 0.3 is 18.2 Å². The number of halogens is 1. The second kappa shape index (κ2) is 21.6. The van der Waals surface area contributed by atoms with E-state index in [9.17, 15) is 29.1 Å². The van der Waals surface area contributed by atoms with Gasteiger partial charge in [0.05, 0.1) is 17.2 Å². The molecular weight excluding hydrogens is 788 g/mol. The fraction of sp³-hybridized carbons (Fsp3) is 0.386. The Labute approximate surface area is 353 Å². The Hall–Kier alpha value is -6.62. The summed E-state index contributed by atoms with van der Waals surface area (Å²) < 4.78 is 27.9. The van der Waals surface area contributed by atoms with Crippen LogP contribution in [0.15, 0.2) is 89.6 Å². The summed E-state index contributed by atoms with van der Waals surface area (Å²) in [6.07, 6.45) is 3.54. The number of carbonyl (C=O) groups excluding carboxylic acids is 3. The van der Waals surface area contributed by atoms with Crippen molar-refractivity contribution in [3.8, 4) is 0 Å². The molecule has 3 amide bonds. The minimum absolute atomic E-state index is 0.0138. The highest BCUT2D eigenvalue weighted by Gasteiger charge is 2.26. The molecule has 1 aliphatic rings. The van der Waals surface area contributed by atoms with Gasteiger partial charge in [0.15, 0.2) is 0 Å². The van der Waals surface area contributed by atoms with E-state index in [1.54, 1.807) is 52.9 Å². The molecule has 17 heteroatoms. The summed E-state index contributed by atoms with van der Waals surface area (Å²) in [6, 6.07) is 17.6. The van der Waals surface area contributed by atoms with E-state index in [0.717, 1.165) is 18.1 Å². The van der Waals surface area contributed by atoms with E-state index in [4.69, 9.17) is 20.9 Å². The maximum absolute atomic E-state index is 15.3. The largest absolute Gasteiger partial charge is 0.477 e. The number of hydrogen-bond donors (Lipinski definition) is 6. The first kappa shape index (κ1) is 45.5. The summed E-state index contributed by atoms with van der Waals surface area (Å²) in [4.78, 5) is 66.7. The summed E-state index contributed by atoms with van der Waals surface area (Å²) in [5.74, 6) is -2.41. The van der Waals surface area contributed by atoms with Crippen molar-refractivity contribution < 1.29 is 38.1 Å². The average Bonchev–Trinajstić information content (AvgIpc) is 3.25. The van der Waals surface area contributed by atoms with Gasteiger partial charge in [-0.1, -0.05) is 56.3 Å². The van der Waals surface area contributed by atoms with Crippen LogP contribution in [0.3, 0.4) is 0 Å². The Morgan fingerprint density at radius 1 is 0.934 bits per heavy atom. The molecule has 0 aliphatic carbocycles. The molecule has 5 rings (SSSR count). The van der Waals surface area contributed by atoms with Gasteiger partial charge in [0.2, 0.25) is 11.3 Å². The van der Waals surface area contributed by atoms with Crippen LogP contribution in [-0.2, 0) is 34.0 Å². The Balaban J connectivity index is 1.12. The standard InChI is InChI=1S/C44H55FN8O8/c1-4-51-25-33(42(56)57)40(54)32-22-34(45)38(23-37(32)51)52-18-20-53(21-19-52)44(59)61-27-30-13-15-31(16-14-30)49-41(55)36(12-8-9-17-46)48-24-35(47)39(28(2)3)50-43(58)60-26-29-10-6-5-7-11-29/h5-7,10-11,13-16,22-25,28,36,39,48H,4,8-9,12,17-21,26-27,46-47H2,1-3H3,(H,49,55)(H,50,58)(H,56,57)/b35-24-/t36-,39-/m0/s1. The Bertz CT molecular complexity index is 2240. The third-order valence-corrected chi connectivity index (χ3v) is 10.4. The van der Waals surface area contributed by atoms with Crippen molar-refractivity contribution in [2.75, 3.05) is 42.9 Å². The number of carboxylic acids is 1. The van der Waals surface area contributed by atoms with E-state index in [1.807, 2.05) is 44.2 Å². The monoisotopic (exact) mass is 842 g/mol. The fourth-order valence-electron chi connectivity index (χ4n) is 6.93. The number of nitrogens with zero attached hydrogens (tertiary/aromatic N) is 3. The van der Waals surface area contributed by atoms with Gasteiger partial charge in [0.1, 0.15) is 30.6 Å². The normalized spacial score (nSPS) is 14.0. The van der Waals surface area contributed by atoms with Crippen molar-refractivity contribution >= 4 is 46.3 Å². The Kier molecular flexibility index (Phi) is 16.1. The second-order valence-corrected chi connectivity index (χ2v) is 15.1. The van der Waals surface area contributed by atoms with Crippen LogP contribution in [0.4, 0.5) is 25.4 Å². The van der Waals surface area contributed by atoms with E-state index < -0.39 is 47.0 Å². The number of anilines is 2. The van der Waals surface area contributed by atoms with E-state index in [0.29, 0.717) is 61.5 Å². The zero-order valence-corrected chi connectivity index (χ0v) is 34.7. The number of hydrogen-bond acceptors (Lipinski definition) is 11. The summed E-state index contributed by atoms with van der Waals surface area (Å²) in [5.41, 5.74) is 14.0. The minimum atomic E-state index is -1.38. The second-order valence-electron chi connectivity index (χ2n) is 15.1. The molecule has 1 fully saturated rings. The lowest BCUT2D eigenvalue weighted by Crippen LogP contribution is -2.49. The topological polar surface area (TPSA) is 224 Å². The van der Waals surface area contributed by atoms with Gasteiger partial charge in [-0.15, -0.1) is 0 Å². The van der Waals surface area contributed by atoms with E-state index in [2.05, 4.69) is 16.0 Å². The molecule has 1 saturated heterocycles. The first-order chi connectivity index (χ1) is 29.3. The fourth-order valence-corrected chi connectivity index (χ4v) is 6.93. The summed E-state index contributed by atoms with van der Waals surface area (Å²) in [6.45, 7) is 7.70. The molecule has 16 nitrogen and oxygen atoms in total. The minimum Gasteiger partial charge on any atom is -0.477 e. The molecule has 0 unspecified atom stereocenters. The number of amides is 3. The molecule has 2 atom stereocenters. The van der Waals surface area contributed by atoms with E-state index in [-0.39, 0.29) is 49.2 Å². The molecule has 3 aromatic carbocycles. The summed E-state index contributed by atoms with van der Waals surface area (Å²) >= 11 is 0. The molecule has 8 N–H and O–H groups in total. The van der Waals surface area contributed by atoms with Crippen LogP contribution in [0.1, 0.15) is 61.5 Å². The van der Waals surface area contributed by atoms with Crippen LogP contribution in [0.25, 0.3) is 10.9 Å². The van der Waals surface area contributed by atoms with Crippen LogP contribution in [0.2, 0.25) is 0 Å². The number of fused-ring (bicyclic) bond motifs is 1. The smallest absolute Gasteiger partial charge is 0.410 e. The number of benzene rings is 3. The number of pyridine rings is 1. The van der Waals surface area contributed by atoms with Crippen molar-refractivity contribution in [2.24, 2.45) is 17.4 Å². The molecule has 1 aliphatic heterocycles. The van der Waals surface area contributed by atoms with Crippen molar-refractivity contribution in [2.45, 2.75) is 71.9 Å². The van der Waals surface area contributed by atoms with Gasteiger partial charge in [-0.2, -0.15) is 0 Å². The van der Waals surface area contributed by atoms with E-state index in [1.165, 1.54) is 11.1 Å². The predicted octanol–water partition coefficient (Wildman–Crippen LogP) is 5.09. The molecule has 4 aromatic rings. The number of unbranched alkanes of at least 4 members (excludes halogenated alkanes) is 1. The molecule has 2 heterocycles. The number of carbonyl (C=O) groups is 4. The average molecular weight is 843 g/mol. The van der Waals surface area contributed by atoms with Crippen LogP contribution >= 0.6 is 0 Å². The number of carboxylic acid groups (broad SMARTS) is 1. The van der Waals surface area contributed by atoms with Crippen molar-refractivity contribution in [3.05, 3.63) is 118 Å². The van der Waals surface area contributed by atoms with Gasteiger partial charge in [0, 0.05) is 61.9 Å².